The molecule has 0 unspecified atom stereocenters. The third-order valence-electron chi connectivity index (χ3n) is 2.13. The smallest absolute Gasteiger partial charge is 0.316 e. The SMILES string of the molecule is COc1cc(COC(=O)CSC)ccc1C. The zero-order chi connectivity index (χ0) is 12.0. The highest BCUT2D eigenvalue weighted by Crippen LogP contribution is 2.19. The summed E-state index contributed by atoms with van der Waals surface area (Å²) in [5, 5.41) is 0. The average Bonchev–Trinajstić information content (AvgIpc) is 2.28. The van der Waals surface area contributed by atoms with Crippen molar-refractivity contribution in [3.8, 4) is 5.75 Å². The first-order valence-electron chi connectivity index (χ1n) is 4.95. The van der Waals surface area contributed by atoms with Gasteiger partial charge in [-0.3, -0.25) is 4.79 Å². The van der Waals surface area contributed by atoms with Gasteiger partial charge in [-0.15, -0.1) is 0 Å². The van der Waals surface area contributed by atoms with E-state index in [4.69, 9.17) is 9.47 Å². The Morgan fingerprint density at radius 2 is 2.19 bits per heavy atom. The highest BCUT2D eigenvalue weighted by atomic mass is 32.2. The van der Waals surface area contributed by atoms with Crippen molar-refractivity contribution in [1.82, 2.24) is 0 Å². The third-order valence-corrected chi connectivity index (χ3v) is 2.66. The summed E-state index contributed by atoms with van der Waals surface area (Å²) in [5.74, 6) is 1.02. The van der Waals surface area contributed by atoms with Crippen LogP contribution in [0.4, 0.5) is 0 Å². The maximum atomic E-state index is 11.2. The van der Waals surface area contributed by atoms with E-state index in [1.807, 2.05) is 31.4 Å². The van der Waals surface area contributed by atoms with Crippen molar-refractivity contribution in [3.05, 3.63) is 29.3 Å². The predicted octanol–water partition coefficient (Wildman–Crippen LogP) is 2.41. The molecule has 0 heterocycles. The number of rotatable bonds is 5. The quantitative estimate of drug-likeness (QED) is 0.740. The minimum atomic E-state index is -0.188. The molecule has 3 nitrogen and oxygen atoms in total. The van der Waals surface area contributed by atoms with Crippen LogP contribution in [0.5, 0.6) is 5.75 Å². The minimum Gasteiger partial charge on any atom is -0.496 e. The van der Waals surface area contributed by atoms with Crippen LogP contribution in [0.1, 0.15) is 11.1 Å². The lowest BCUT2D eigenvalue weighted by Crippen LogP contribution is -2.07. The lowest BCUT2D eigenvalue weighted by atomic mass is 10.1. The van der Waals surface area contributed by atoms with E-state index in [2.05, 4.69) is 0 Å². The first-order valence-corrected chi connectivity index (χ1v) is 6.35. The minimum absolute atomic E-state index is 0.188. The van der Waals surface area contributed by atoms with Crippen LogP contribution in [0.15, 0.2) is 18.2 Å². The van der Waals surface area contributed by atoms with Crippen LogP contribution >= 0.6 is 11.8 Å². The number of thioether (sulfide) groups is 1. The van der Waals surface area contributed by atoms with Crippen molar-refractivity contribution in [1.29, 1.82) is 0 Å². The summed E-state index contributed by atoms with van der Waals surface area (Å²) in [6, 6.07) is 5.78. The van der Waals surface area contributed by atoms with Gasteiger partial charge < -0.3 is 9.47 Å². The molecule has 0 saturated heterocycles. The molecule has 0 N–H and O–H groups in total. The number of ether oxygens (including phenoxy) is 2. The standard InChI is InChI=1S/C12H16O3S/c1-9-4-5-10(6-11(9)14-2)7-15-12(13)8-16-3/h4-6H,7-8H2,1-3H3. The second-order valence-corrected chi connectivity index (χ2v) is 4.26. The molecule has 0 radical (unpaired) electrons. The Morgan fingerprint density at radius 3 is 2.81 bits per heavy atom. The number of hydrogen-bond acceptors (Lipinski definition) is 4. The van der Waals surface area contributed by atoms with Crippen LogP contribution in [0, 0.1) is 6.92 Å². The maximum absolute atomic E-state index is 11.2. The van der Waals surface area contributed by atoms with Crippen LogP contribution in [0.3, 0.4) is 0 Å². The summed E-state index contributed by atoms with van der Waals surface area (Å²) in [5.41, 5.74) is 2.01. The van der Waals surface area contributed by atoms with E-state index in [0.717, 1.165) is 16.9 Å². The molecule has 0 aliphatic heterocycles. The van der Waals surface area contributed by atoms with E-state index in [9.17, 15) is 4.79 Å². The Hall–Kier alpha value is -1.16. The largest absolute Gasteiger partial charge is 0.496 e. The average molecular weight is 240 g/mol. The summed E-state index contributed by atoms with van der Waals surface area (Å²) in [4.78, 5) is 11.2. The number of benzene rings is 1. The number of hydrogen-bond donors (Lipinski definition) is 0. The van der Waals surface area contributed by atoms with E-state index in [0.29, 0.717) is 12.4 Å². The monoisotopic (exact) mass is 240 g/mol. The summed E-state index contributed by atoms with van der Waals surface area (Å²) >= 11 is 1.46. The van der Waals surface area contributed by atoms with Crippen LogP contribution in [0.25, 0.3) is 0 Å². The van der Waals surface area contributed by atoms with Gasteiger partial charge in [0.05, 0.1) is 12.9 Å². The van der Waals surface area contributed by atoms with Gasteiger partial charge in [0.25, 0.3) is 0 Å². The summed E-state index contributed by atoms with van der Waals surface area (Å²) in [6.07, 6.45) is 1.87. The fourth-order valence-corrected chi connectivity index (χ4v) is 1.60. The van der Waals surface area contributed by atoms with Crippen molar-refractivity contribution >= 4 is 17.7 Å². The van der Waals surface area contributed by atoms with Crippen molar-refractivity contribution in [2.24, 2.45) is 0 Å². The number of carbonyl (C=O) groups excluding carboxylic acids is 1. The zero-order valence-corrected chi connectivity index (χ0v) is 10.6. The number of esters is 1. The van der Waals surface area contributed by atoms with Gasteiger partial charge in [0.15, 0.2) is 0 Å². The Balaban J connectivity index is 2.57. The van der Waals surface area contributed by atoms with Gasteiger partial charge in [-0.25, -0.2) is 0 Å². The van der Waals surface area contributed by atoms with E-state index < -0.39 is 0 Å². The molecule has 0 atom stereocenters. The Labute approximate surface area is 100 Å². The summed E-state index contributed by atoms with van der Waals surface area (Å²) in [7, 11) is 1.63. The van der Waals surface area contributed by atoms with Gasteiger partial charge in [-0.2, -0.15) is 11.8 Å². The van der Waals surface area contributed by atoms with Gasteiger partial charge >= 0.3 is 5.97 Å². The molecule has 4 heteroatoms. The summed E-state index contributed by atoms with van der Waals surface area (Å²) < 4.78 is 10.3. The fraction of sp³-hybridized carbons (Fsp3) is 0.417. The lowest BCUT2D eigenvalue weighted by molar-refractivity contribution is -0.141. The highest BCUT2D eigenvalue weighted by molar-refractivity contribution is 7.99. The normalized spacial score (nSPS) is 9.94. The highest BCUT2D eigenvalue weighted by Gasteiger charge is 2.04. The van der Waals surface area contributed by atoms with Gasteiger partial charge in [0, 0.05) is 0 Å². The molecule has 0 amide bonds. The van der Waals surface area contributed by atoms with Crippen molar-refractivity contribution < 1.29 is 14.3 Å². The van der Waals surface area contributed by atoms with E-state index >= 15 is 0 Å². The van der Waals surface area contributed by atoms with Crippen molar-refractivity contribution in [3.63, 3.8) is 0 Å². The van der Waals surface area contributed by atoms with Gasteiger partial charge in [0.1, 0.15) is 12.4 Å². The molecule has 0 saturated carbocycles. The lowest BCUT2D eigenvalue weighted by Gasteiger charge is -2.08. The number of aryl methyl sites for hydroxylation is 1. The van der Waals surface area contributed by atoms with Gasteiger partial charge in [0.2, 0.25) is 0 Å². The van der Waals surface area contributed by atoms with Crippen molar-refractivity contribution in [2.75, 3.05) is 19.1 Å². The molecule has 1 aromatic carbocycles. The molecule has 0 aliphatic rings. The molecule has 1 aromatic rings. The van der Waals surface area contributed by atoms with Crippen LogP contribution in [0.2, 0.25) is 0 Å². The van der Waals surface area contributed by atoms with E-state index in [1.165, 1.54) is 11.8 Å². The molecule has 0 aliphatic carbocycles. The molecule has 1 rings (SSSR count). The van der Waals surface area contributed by atoms with Gasteiger partial charge in [-0.05, 0) is 30.4 Å². The Kier molecular flexibility index (Phi) is 5.19. The molecule has 0 aromatic heterocycles. The molecule has 0 spiro atoms. The van der Waals surface area contributed by atoms with E-state index in [1.54, 1.807) is 7.11 Å². The van der Waals surface area contributed by atoms with Gasteiger partial charge in [-0.1, -0.05) is 12.1 Å². The first-order chi connectivity index (χ1) is 7.67. The van der Waals surface area contributed by atoms with Crippen LogP contribution in [-0.2, 0) is 16.1 Å². The molecule has 0 bridgehead atoms. The second-order valence-electron chi connectivity index (χ2n) is 3.40. The molecule has 0 fully saturated rings. The topological polar surface area (TPSA) is 35.5 Å². The molecular formula is C12H16O3S. The Morgan fingerprint density at radius 1 is 1.44 bits per heavy atom. The molecular weight excluding hydrogens is 224 g/mol. The predicted molar refractivity (Wildman–Crippen MR) is 65.9 cm³/mol. The zero-order valence-electron chi connectivity index (χ0n) is 9.78. The molecule has 88 valence electrons. The first kappa shape index (κ1) is 12.9. The Bertz CT molecular complexity index is 363. The maximum Gasteiger partial charge on any atom is 0.316 e. The third kappa shape index (κ3) is 3.77. The fourth-order valence-electron chi connectivity index (χ4n) is 1.28. The summed E-state index contributed by atoms with van der Waals surface area (Å²) in [6.45, 7) is 2.28. The number of methoxy groups -OCH3 is 1. The van der Waals surface area contributed by atoms with Crippen LogP contribution < -0.4 is 4.74 Å². The number of carbonyl (C=O) groups is 1. The van der Waals surface area contributed by atoms with Crippen LogP contribution in [-0.4, -0.2) is 25.1 Å². The van der Waals surface area contributed by atoms with E-state index in [-0.39, 0.29) is 5.97 Å². The molecule has 16 heavy (non-hydrogen) atoms. The second kappa shape index (κ2) is 6.43. The van der Waals surface area contributed by atoms with Crippen molar-refractivity contribution in [2.45, 2.75) is 13.5 Å².